The number of carbonyl (C=O) groups excluding carboxylic acids is 1. The number of ether oxygens (including phenoxy) is 1. The Labute approximate surface area is 228 Å². The van der Waals surface area contributed by atoms with Crippen molar-refractivity contribution >= 4 is 44.1 Å². The van der Waals surface area contributed by atoms with Crippen LogP contribution in [0.2, 0.25) is 5.02 Å². The largest absolute Gasteiger partial charge is 0.378 e. The van der Waals surface area contributed by atoms with Gasteiger partial charge in [0.1, 0.15) is 10.7 Å². The Morgan fingerprint density at radius 3 is 2.62 bits per heavy atom. The predicted octanol–water partition coefficient (Wildman–Crippen LogP) is 3.58. The molecule has 0 spiro atoms. The van der Waals surface area contributed by atoms with Crippen LogP contribution in [0.5, 0.6) is 0 Å². The van der Waals surface area contributed by atoms with Gasteiger partial charge in [-0.3, -0.25) is 23.9 Å². The van der Waals surface area contributed by atoms with Gasteiger partial charge in [-0.1, -0.05) is 24.6 Å². The van der Waals surface area contributed by atoms with Crippen LogP contribution < -0.4 is 15.6 Å². The van der Waals surface area contributed by atoms with Crippen LogP contribution in [0.1, 0.15) is 12.6 Å². The number of pyridine rings is 1. The second-order valence-corrected chi connectivity index (χ2v) is 10.8. The molecule has 0 aliphatic heterocycles. The molecule has 13 heteroatoms. The minimum Gasteiger partial charge on any atom is -0.378 e. The minimum atomic E-state index is -4.21. The summed E-state index contributed by atoms with van der Waals surface area (Å²) in [5.41, 5.74) is 1.65. The van der Waals surface area contributed by atoms with E-state index in [0.29, 0.717) is 27.7 Å². The Morgan fingerprint density at radius 1 is 1.15 bits per heavy atom. The van der Waals surface area contributed by atoms with Crippen molar-refractivity contribution in [3.8, 4) is 11.1 Å². The van der Waals surface area contributed by atoms with Crippen LogP contribution in [0.3, 0.4) is 0 Å². The monoisotopic (exact) mass is 573 g/mol. The summed E-state index contributed by atoms with van der Waals surface area (Å²) in [6.07, 6.45) is 2.93. The van der Waals surface area contributed by atoms with Gasteiger partial charge in [0.25, 0.3) is 15.6 Å². The van der Waals surface area contributed by atoms with Crippen molar-refractivity contribution < 1.29 is 22.3 Å². The molecule has 2 heterocycles. The molecule has 0 saturated heterocycles. The molecule has 10 nitrogen and oxygen atoms in total. The SMILES string of the molecule is CNC(=O)[C@H](C)Cn1cnc2ccc(-c3cnc(COC)c(NS(=O)(=O)c4ccc(F)cc4Cl)c3)cc2c1=O. The van der Waals surface area contributed by atoms with Gasteiger partial charge in [-0.05, 0) is 42.0 Å². The number of amides is 1. The molecule has 2 aromatic carbocycles. The molecule has 0 saturated carbocycles. The fourth-order valence-electron chi connectivity index (χ4n) is 3.98. The quantitative estimate of drug-likeness (QED) is 0.313. The summed E-state index contributed by atoms with van der Waals surface area (Å²) in [6.45, 7) is 1.86. The molecule has 0 aliphatic carbocycles. The normalized spacial score (nSPS) is 12.3. The zero-order valence-corrected chi connectivity index (χ0v) is 22.8. The van der Waals surface area contributed by atoms with E-state index in [1.165, 1.54) is 31.2 Å². The van der Waals surface area contributed by atoms with E-state index in [1.807, 2.05) is 0 Å². The lowest BCUT2D eigenvalue weighted by Gasteiger charge is -2.15. The molecule has 4 rings (SSSR count). The van der Waals surface area contributed by atoms with Crippen LogP contribution in [-0.2, 0) is 32.7 Å². The van der Waals surface area contributed by atoms with Gasteiger partial charge >= 0.3 is 0 Å². The lowest BCUT2D eigenvalue weighted by Crippen LogP contribution is -2.32. The third kappa shape index (κ3) is 6.08. The summed E-state index contributed by atoms with van der Waals surface area (Å²) in [4.78, 5) is 33.5. The predicted molar refractivity (Wildman–Crippen MR) is 145 cm³/mol. The van der Waals surface area contributed by atoms with E-state index in [0.717, 1.165) is 18.2 Å². The summed E-state index contributed by atoms with van der Waals surface area (Å²) in [6, 6.07) is 9.56. The maximum atomic E-state index is 13.5. The molecule has 0 radical (unpaired) electrons. The molecule has 4 aromatic rings. The number of aromatic nitrogens is 3. The number of rotatable bonds is 9. The van der Waals surface area contributed by atoms with Crippen molar-refractivity contribution in [1.29, 1.82) is 0 Å². The van der Waals surface area contributed by atoms with E-state index in [-0.39, 0.29) is 40.2 Å². The molecule has 39 heavy (non-hydrogen) atoms. The van der Waals surface area contributed by atoms with Crippen LogP contribution in [0.4, 0.5) is 10.1 Å². The first-order valence-corrected chi connectivity index (χ1v) is 13.6. The van der Waals surface area contributed by atoms with Crippen molar-refractivity contribution in [3.63, 3.8) is 0 Å². The number of hydrogen-bond acceptors (Lipinski definition) is 7. The van der Waals surface area contributed by atoms with Crippen LogP contribution in [0, 0.1) is 11.7 Å². The molecule has 1 atom stereocenters. The fraction of sp³-hybridized carbons (Fsp3) is 0.231. The maximum Gasteiger partial charge on any atom is 0.263 e. The van der Waals surface area contributed by atoms with Gasteiger partial charge < -0.3 is 10.1 Å². The average molecular weight is 574 g/mol. The number of nitrogens with zero attached hydrogens (tertiary/aromatic N) is 3. The zero-order valence-electron chi connectivity index (χ0n) is 21.2. The van der Waals surface area contributed by atoms with Gasteiger partial charge in [-0.2, -0.15) is 0 Å². The van der Waals surface area contributed by atoms with E-state index in [9.17, 15) is 22.4 Å². The number of sulfonamides is 1. The highest BCUT2D eigenvalue weighted by molar-refractivity contribution is 7.92. The van der Waals surface area contributed by atoms with Gasteiger partial charge in [0.15, 0.2) is 0 Å². The summed E-state index contributed by atoms with van der Waals surface area (Å²) >= 11 is 5.99. The Kier molecular flexibility index (Phi) is 8.28. The lowest BCUT2D eigenvalue weighted by molar-refractivity contribution is -0.124. The standard InChI is InChI=1S/C26H25ClFN5O5S/c1-15(25(34)29-2)12-33-14-31-21-6-4-16(8-19(21)26(33)35)17-9-22(23(13-38-3)30-11-17)32-39(36,37)24-7-5-18(28)10-20(24)27/h4-11,14-15,32H,12-13H2,1-3H3,(H,29,34)/t15-/m1/s1. The fourth-order valence-corrected chi connectivity index (χ4v) is 5.59. The van der Waals surface area contributed by atoms with Crippen molar-refractivity contribution in [1.82, 2.24) is 19.9 Å². The number of hydrogen-bond donors (Lipinski definition) is 2. The third-order valence-electron chi connectivity index (χ3n) is 6.00. The van der Waals surface area contributed by atoms with Gasteiger partial charge in [-0.25, -0.2) is 17.8 Å². The van der Waals surface area contributed by atoms with Crippen molar-refractivity contribution in [2.24, 2.45) is 5.92 Å². The molecule has 0 unspecified atom stereocenters. The first-order chi connectivity index (χ1) is 18.5. The number of anilines is 1. The highest BCUT2D eigenvalue weighted by atomic mass is 35.5. The maximum absolute atomic E-state index is 13.5. The summed E-state index contributed by atoms with van der Waals surface area (Å²) in [5.74, 6) is -1.32. The number of benzene rings is 2. The number of carbonyl (C=O) groups is 1. The molecule has 0 bridgehead atoms. The number of nitrogens with one attached hydrogen (secondary N) is 2. The average Bonchev–Trinajstić information content (AvgIpc) is 2.90. The number of halogens is 2. The summed E-state index contributed by atoms with van der Waals surface area (Å²) < 4.78 is 48.6. The van der Waals surface area contributed by atoms with Crippen LogP contribution in [0.15, 0.2) is 64.7 Å². The van der Waals surface area contributed by atoms with E-state index >= 15 is 0 Å². The Balaban J connectivity index is 1.75. The lowest BCUT2D eigenvalue weighted by atomic mass is 10.0. The van der Waals surface area contributed by atoms with Crippen molar-refractivity contribution in [2.45, 2.75) is 25.0 Å². The van der Waals surface area contributed by atoms with Crippen LogP contribution in [-0.4, -0.2) is 43.0 Å². The summed E-state index contributed by atoms with van der Waals surface area (Å²) in [7, 11) is -1.24. The number of methoxy groups -OCH3 is 1. The van der Waals surface area contributed by atoms with Gasteiger partial charge in [0.05, 0.1) is 46.2 Å². The molecular weight excluding hydrogens is 549 g/mol. The summed E-state index contributed by atoms with van der Waals surface area (Å²) in [5, 5.41) is 2.61. The molecule has 0 fully saturated rings. The number of fused-ring (bicyclic) bond motifs is 1. The first kappa shape index (κ1) is 28.1. The molecule has 204 valence electrons. The van der Waals surface area contributed by atoms with Crippen LogP contribution >= 0.6 is 11.6 Å². The van der Waals surface area contributed by atoms with E-state index in [2.05, 4.69) is 20.0 Å². The van der Waals surface area contributed by atoms with Gasteiger partial charge in [0.2, 0.25) is 5.91 Å². The van der Waals surface area contributed by atoms with Crippen molar-refractivity contribution in [2.75, 3.05) is 18.9 Å². The van der Waals surface area contributed by atoms with Gasteiger partial charge in [0, 0.05) is 32.5 Å². The van der Waals surface area contributed by atoms with Crippen molar-refractivity contribution in [3.05, 3.63) is 81.9 Å². The van der Waals surface area contributed by atoms with Crippen LogP contribution in [0.25, 0.3) is 22.0 Å². The van der Waals surface area contributed by atoms with E-state index in [1.54, 1.807) is 31.2 Å². The Bertz CT molecular complexity index is 1730. The second-order valence-electron chi connectivity index (χ2n) is 8.78. The topological polar surface area (TPSA) is 132 Å². The first-order valence-electron chi connectivity index (χ1n) is 11.7. The van der Waals surface area contributed by atoms with E-state index < -0.39 is 21.8 Å². The highest BCUT2D eigenvalue weighted by Crippen LogP contribution is 2.30. The highest BCUT2D eigenvalue weighted by Gasteiger charge is 2.21. The Hall–Kier alpha value is -3.87. The minimum absolute atomic E-state index is 0.00511. The smallest absolute Gasteiger partial charge is 0.263 e. The van der Waals surface area contributed by atoms with Gasteiger partial charge in [-0.15, -0.1) is 0 Å². The molecular formula is C26H25ClFN5O5S. The molecule has 2 aromatic heterocycles. The zero-order chi connectivity index (χ0) is 28.3. The molecule has 0 aliphatic rings. The van der Waals surface area contributed by atoms with E-state index in [4.69, 9.17) is 16.3 Å². The third-order valence-corrected chi connectivity index (χ3v) is 7.85. The molecule has 1 amide bonds. The Morgan fingerprint density at radius 2 is 1.92 bits per heavy atom. The second kappa shape index (κ2) is 11.5. The molecule has 2 N–H and O–H groups in total.